The third kappa shape index (κ3) is 6.50. The van der Waals surface area contributed by atoms with Crippen LogP contribution in [0, 0.1) is 17.7 Å². The second-order valence-electron chi connectivity index (χ2n) is 9.45. The number of carbonyl (C=O) groups is 2. The van der Waals surface area contributed by atoms with Gasteiger partial charge in [0, 0.05) is 38.3 Å². The van der Waals surface area contributed by atoms with E-state index >= 15 is 0 Å². The number of benzene rings is 1. The van der Waals surface area contributed by atoms with E-state index in [4.69, 9.17) is 4.74 Å². The topological polar surface area (TPSA) is 61.9 Å². The van der Waals surface area contributed by atoms with Gasteiger partial charge in [0.2, 0.25) is 5.91 Å². The number of ether oxygens (including phenoxy) is 1. The highest BCUT2D eigenvalue weighted by Crippen LogP contribution is 2.22. The molecule has 0 radical (unpaired) electrons. The van der Waals surface area contributed by atoms with E-state index in [1.54, 1.807) is 0 Å². The molecule has 3 atom stereocenters. The second-order valence-corrected chi connectivity index (χ2v) is 9.45. The first-order valence-corrected chi connectivity index (χ1v) is 11.5. The van der Waals surface area contributed by atoms with E-state index in [2.05, 4.69) is 24.1 Å². The summed E-state index contributed by atoms with van der Waals surface area (Å²) in [5, 5.41) is 2.86. The summed E-state index contributed by atoms with van der Waals surface area (Å²) in [4.78, 5) is 30.1. The van der Waals surface area contributed by atoms with E-state index in [0.29, 0.717) is 24.6 Å². The molecule has 2 amide bonds. The van der Waals surface area contributed by atoms with Gasteiger partial charge in [-0.05, 0) is 62.8 Å². The van der Waals surface area contributed by atoms with Gasteiger partial charge in [-0.15, -0.1) is 0 Å². The molecule has 0 spiro atoms. The fourth-order valence-electron chi connectivity index (χ4n) is 4.67. The monoisotopic (exact) mass is 433 g/mol. The zero-order valence-electron chi connectivity index (χ0n) is 19.1. The van der Waals surface area contributed by atoms with Crippen LogP contribution >= 0.6 is 0 Å². The van der Waals surface area contributed by atoms with Gasteiger partial charge in [0.25, 0.3) is 5.91 Å². The molecule has 6 nitrogen and oxygen atoms in total. The third-order valence-electron chi connectivity index (χ3n) is 6.26. The van der Waals surface area contributed by atoms with Gasteiger partial charge in [-0.1, -0.05) is 13.8 Å². The molecule has 2 saturated heterocycles. The van der Waals surface area contributed by atoms with Gasteiger partial charge in [0.15, 0.2) is 0 Å². The fraction of sp³-hybridized carbons (Fsp3) is 0.667. The Hall–Kier alpha value is -1.99. The third-order valence-corrected chi connectivity index (χ3v) is 6.26. The van der Waals surface area contributed by atoms with Crippen molar-refractivity contribution in [2.24, 2.45) is 11.8 Å². The van der Waals surface area contributed by atoms with Crippen molar-refractivity contribution in [2.75, 3.05) is 32.7 Å². The summed E-state index contributed by atoms with van der Waals surface area (Å²) in [6, 6.07) is 4.79. The molecule has 1 aromatic carbocycles. The smallest absolute Gasteiger partial charge is 0.251 e. The van der Waals surface area contributed by atoms with E-state index in [0.717, 1.165) is 32.5 Å². The molecule has 2 fully saturated rings. The zero-order valence-corrected chi connectivity index (χ0v) is 19.1. The van der Waals surface area contributed by atoms with Crippen LogP contribution in [0.4, 0.5) is 4.39 Å². The summed E-state index contributed by atoms with van der Waals surface area (Å²) in [7, 11) is 0. The van der Waals surface area contributed by atoms with Crippen molar-refractivity contribution >= 4 is 11.8 Å². The molecule has 2 heterocycles. The Kier molecular flexibility index (Phi) is 8.06. The van der Waals surface area contributed by atoms with Gasteiger partial charge in [-0.2, -0.15) is 0 Å². The number of hydrogen-bond donors (Lipinski definition) is 1. The number of halogens is 1. The van der Waals surface area contributed by atoms with Crippen LogP contribution in [-0.2, 0) is 9.53 Å². The lowest BCUT2D eigenvalue weighted by Crippen LogP contribution is -2.54. The number of nitrogens with one attached hydrogen (secondary N) is 1. The molecule has 3 rings (SSSR count). The maximum absolute atomic E-state index is 13.2. The van der Waals surface area contributed by atoms with Crippen molar-refractivity contribution in [2.45, 2.75) is 58.8 Å². The van der Waals surface area contributed by atoms with Crippen molar-refractivity contribution in [3.05, 3.63) is 35.6 Å². The predicted molar refractivity (Wildman–Crippen MR) is 118 cm³/mol. The summed E-state index contributed by atoms with van der Waals surface area (Å²) in [6.07, 6.45) is 2.48. The van der Waals surface area contributed by atoms with Crippen LogP contribution < -0.4 is 5.32 Å². The van der Waals surface area contributed by atoms with Gasteiger partial charge < -0.3 is 15.0 Å². The van der Waals surface area contributed by atoms with Crippen LogP contribution in [0.25, 0.3) is 0 Å². The number of amides is 2. The quantitative estimate of drug-likeness (QED) is 0.749. The zero-order chi connectivity index (χ0) is 22.5. The van der Waals surface area contributed by atoms with Gasteiger partial charge in [0.05, 0.1) is 12.2 Å². The first kappa shape index (κ1) is 23.7. The number of morpholine rings is 1. The normalized spacial score (nSPS) is 24.3. The Bertz CT molecular complexity index is 737. The van der Waals surface area contributed by atoms with Crippen LogP contribution in [0.5, 0.6) is 0 Å². The Labute approximate surface area is 185 Å². The van der Waals surface area contributed by atoms with Crippen LogP contribution in [0.15, 0.2) is 24.3 Å². The molecular formula is C24H36FN3O3. The van der Waals surface area contributed by atoms with E-state index < -0.39 is 11.9 Å². The van der Waals surface area contributed by atoms with Crippen molar-refractivity contribution < 1.29 is 18.7 Å². The van der Waals surface area contributed by atoms with Gasteiger partial charge in [-0.25, -0.2) is 4.39 Å². The minimum absolute atomic E-state index is 0.0301. The van der Waals surface area contributed by atoms with Crippen LogP contribution in [0.1, 0.15) is 50.9 Å². The Morgan fingerprint density at radius 3 is 2.23 bits per heavy atom. The molecular weight excluding hydrogens is 397 g/mol. The molecule has 1 aromatic rings. The highest BCUT2D eigenvalue weighted by Gasteiger charge is 2.32. The van der Waals surface area contributed by atoms with E-state index in [-0.39, 0.29) is 29.9 Å². The van der Waals surface area contributed by atoms with Crippen molar-refractivity contribution in [1.82, 2.24) is 15.1 Å². The van der Waals surface area contributed by atoms with Gasteiger partial charge >= 0.3 is 0 Å². The lowest BCUT2D eigenvalue weighted by molar-refractivity contribution is -0.136. The fourth-order valence-corrected chi connectivity index (χ4v) is 4.67. The molecule has 0 bridgehead atoms. The molecule has 1 N–H and O–H groups in total. The van der Waals surface area contributed by atoms with E-state index in [9.17, 15) is 14.0 Å². The highest BCUT2D eigenvalue weighted by atomic mass is 19.1. The van der Waals surface area contributed by atoms with Crippen LogP contribution in [0.3, 0.4) is 0 Å². The summed E-state index contributed by atoms with van der Waals surface area (Å²) < 4.78 is 19.0. The molecule has 0 aliphatic carbocycles. The minimum Gasteiger partial charge on any atom is -0.373 e. The average Bonchev–Trinajstić information content (AvgIpc) is 2.71. The van der Waals surface area contributed by atoms with Crippen molar-refractivity contribution in [1.29, 1.82) is 0 Å². The minimum atomic E-state index is -0.588. The average molecular weight is 434 g/mol. The van der Waals surface area contributed by atoms with E-state index in [1.165, 1.54) is 24.3 Å². The van der Waals surface area contributed by atoms with Gasteiger partial charge in [0.1, 0.15) is 11.9 Å². The summed E-state index contributed by atoms with van der Waals surface area (Å²) >= 11 is 0. The summed E-state index contributed by atoms with van der Waals surface area (Å²) in [5.74, 6) is -0.231. The first-order chi connectivity index (χ1) is 14.7. The van der Waals surface area contributed by atoms with Crippen molar-refractivity contribution in [3.8, 4) is 0 Å². The number of carbonyl (C=O) groups excluding carboxylic acids is 2. The Morgan fingerprint density at radius 1 is 1.10 bits per heavy atom. The lowest BCUT2D eigenvalue weighted by atomic mass is 9.94. The standard InChI is InChI=1S/C24H36FN3O3/c1-16(2)22(26-23(29)20-5-7-21(25)8-6-20)24(30)28-11-9-19(10-12-28)15-27-13-17(3)31-18(4)14-27/h5-8,16-19,22H,9-15H2,1-4H3,(H,26,29). The van der Waals surface area contributed by atoms with Crippen LogP contribution in [-0.4, -0.2) is 72.6 Å². The number of rotatable bonds is 6. The van der Waals surface area contributed by atoms with E-state index in [1.807, 2.05) is 18.7 Å². The van der Waals surface area contributed by atoms with Crippen molar-refractivity contribution in [3.63, 3.8) is 0 Å². The molecule has 2 aliphatic heterocycles. The lowest BCUT2D eigenvalue weighted by Gasteiger charge is -2.40. The SMILES string of the molecule is CC1CN(CC2CCN(C(=O)C(NC(=O)c3ccc(F)cc3)C(C)C)CC2)CC(C)O1. The first-order valence-electron chi connectivity index (χ1n) is 11.5. The maximum atomic E-state index is 13.2. The molecule has 0 aromatic heterocycles. The highest BCUT2D eigenvalue weighted by molar-refractivity contribution is 5.97. The number of piperidine rings is 1. The number of nitrogens with zero attached hydrogens (tertiary/aromatic N) is 2. The molecule has 2 aliphatic rings. The predicted octanol–water partition coefficient (Wildman–Crippen LogP) is 2.93. The second kappa shape index (κ2) is 10.6. The molecule has 3 unspecified atom stereocenters. The largest absolute Gasteiger partial charge is 0.373 e. The van der Waals surface area contributed by atoms with Crippen LogP contribution in [0.2, 0.25) is 0 Å². The maximum Gasteiger partial charge on any atom is 0.251 e. The molecule has 0 saturated carbocycles. The molecule has 172 valence electrons. The van der Waals surface area contributed by atoms with Gasteiger partial charge in [-0.3, -0.25) is 14.5 Å². The molecule has 31 heavy (non-hydrogen) atoms. The number of hydrogen-bond acceptors (Lipinski definition) is 4. The number of likely N-dealkylation sites (tertiary alicyclic amines) is 1. The summed E-state index contributed by atoms with van der Waals surface area (Å²) in [6.45, 7) is 12.5. The summed E-state index contributed by atoms with van der Waals surface area (Å²) in [5.41, 5.74) is 0.354. The molecule has 7 heteroatoms. The Balaban J connectivity index is 1.52. The Morgan fingerprint density at radius 2 is 1.68 bits per heavy atom.